The van der Waals surface area contributed by atoms with Crippen LogP contribution in [0.15, 0.2) is 70.6 Å². The number of hydrogen-bond donors (Lipinski definition) is 1. The summed E-state index contributed by atoms with van der Waals surface area (Å²) in [6.45, 7) is 5.09. The Kier molecular flexibility index (Phi) is 6.29. The number of nitrogens with one attached hydrogen (secondary N) is 1. The summed E-state index contributed by atoms with van der Waals surface area (Å²) >= 11 is 1.52. The molecule has 1 N–H and O–H groups in total. The molecule has 0 amide bonds. The van der Waals surface area contributed by atoms with E-state index in [2.05, 4.69) is 45.2 Å². The van der Waals surface area contributed by atoms with Gasteiger partial charge in [0.2, 0.25) is 0 Å². The molecule has 1 aliphatic heterocycles. The number of rotatable bonds is 5. The molecule has 0 bridgehead atoms. The molecule has 1 fully saturated rings. The molecule has 2 aromatic carbocycles. The predicted octanol–water partition coefficient (Wildman–Crippen LogP) is 5.40. The fourth-order valence-corrected chi connectivity index (χ4v) is 5.14. The van der Waals surface area contributed by atoms with E-state index in [4.69, 9.17) is 4.98 Å². The third-order valence-corrected chi connectivity index (χ3v) is 7.11. The van der Waals surface area contributed by atoms with Crippen LogP contribution < -0.4 is 5.56 Å². The smallest absolute Gasteiger partial charge is 0.257 e. The Hall–Kier alpha value is -2.96. The summed E-state index contributed by atoms with van der Waals surface area (Å²) in [7, 11) is 0. The Morgan fingerprint density at radius 3 is 2.45 bits per heavy atom. The highest BCUT2D eigenvalue weighted by Gasteiger charge is 2.25. The first kappa shape index (κ1) is 21.9. The van der Waals surface area contributed by atoms with Crippen molar-refractivity contribution in [2.75, 3.05) is 19.3 Å². The van der Waals surface area contributed by atoms with Crippen molar-refractivity contribution in [1.29, 1.82) is 0 Å². The van der Waals surface area contributed by atoms with E-state index in [1.807, 2.05) is 43.5 Å². The highest BCUT2D eigenvalue weighted by atomic mass is 32.2. The Morgan fingerprint density at radius 2 is 1.73 bits per heavy atom. The number of fused-ring (bicyclic) bond motifs is 1. The van der Waals surface area contributed by atoms with E-state index in [1.54, 1.807) is 0 Å². The van der Waals surface area contributed by atoms with Gasteiger partial charge in [-0.3, -0.25) is 9.69 Å². The molecule has 6 heteroatoms. The summed E-state index contributed by atoms with van der Waals surface area (Å²) in [4.78, 5) is 28.1. The summed E-state index contributed by atoms with van der Waals surface area (Å²) in [5, 5.41) is 1.68. The van der Waals surface area contributed by atoms with Crippen LogP contribution in [0.1, 0.15) is 35.6 Å². The van der Waals surface area contributed by atoms with Crippen molar-refractivity contribution in [2.24, 2.45) is 0 Å². The molecule has 0 spiro atoms. The molecule has 5 rings (SSSR count). The summed E-state index contributed by atoms with van der Waals surface area (Å²) in [5.41, 5.74) is 5.68. The van der Waals surface area contributed by atoms with E-state index in [-0.39, 0.29) is 5.56 Å². The molecule has 5 nitrogen and oxygen atoms in total. The van der Waals surface area contributed by atoms with E-state index in [9.17, 15) is 4.79 Å². The standard InChI is InChI=1S/C27H28N4OS/c1-18-8-6-7-11-21(18)22-16-23-24(28-27(33-2)30-25(23)29-26(22)32)20-12-14-31(15-13-20)17-19-9-4-3-5-10-19/h3-11,16,20H,12-15,17H2,1-2H3,(H,28,29,30,32). The second-order valence-electron chi connectivity index (χ2n) is 8.72. The molecule has 1 saturated heterocycles. The second-order valence-corrected chi connectivity index (χ2v) is 9.49. The Morgan fingerprint density at radius 1 is 1.00 bits per heavy atom. The molecule has 1 aliphatic rings. The lowest BCUT2D eigenvalue weighted by Crippen LogP contribution is -2.32. The zero-order valence-corrected chi connectivity index (χ0v) is 19.9. The van der Waals surface area contributed by atoms with E-state index < -0.39 is 0 Å². The van der Waals surface area contributed by atoms with Crippen molar-refractivity contribution in [3.8, 4) is 11.1 Å². The molecule has 0 saturated carbocycles. The van der Waals surface area contributed by atoms with Gasteiger partial charge in [0, 0.05) is 23.4 Å². The molecule has 0 aliphatic carbocycles. The molecule has 3 heterocycles. The number of aryl methyl sites for hydroxylation is 1. The summed E-state index contributed by atoms with van der Waals surface area (Å²) in [5.74, 6) is 0.351. The van der Waals surface area contributed by atoms with Crippen molar-refractivity contribution in [3.63, 3.8) is 0 Å². The molecule has 4 aromatic rings. The lowest BCUT2D eigenvalue weighted by atomic mass is 9.90. The highest BCUT2D eigenvalue weighted by Crippen LogP contribution is 2.33. The molecule has 0 radical (unpaired) electrons. The topological polar surface area (TPSA) is 61.9 Å². The van der Waals surface area contributed by atoms with Crippen LogP contribution >= 0.6 is 11.8 Å². The summed E-state index contributed by atoms with van der Waals surface area (Å²) in [6, 6.07) is 20.7. The molecule has 0 atom stereocenters. The zero-order valence-electron chi connectivity index (χ0n) is 19.0. The van der Waals surface area contributed by atoms with Crippen LogP contribution in [0.2, 0.25) is 0 Å². The lowest BCUT2D eigenvalue weighted by Gasteiger charge is -2.32. The number of aromatic nitrogens is 3. The van der Waals surface area contributed by atoms with Crippen molar-refractivity contribution in [1.82, 2.24) is 19.9 Å². The number of benzene rings is 2. The minimum absolute atomic E-state index is 0.105. The zero-order chi connectivity index (χ0) is 22.8. The maximum atomic E-state index is 13.0. The van der Waals surface area contributed by atoms with Gasteiger partial charge in [0.15, 0.2) is 5.16 Å². The normalized spacial score (nSPS) is 15.2. The van der Waals surface area contributed by atoms with Gasteiger partial charge in [-0.1, -0.05) is 66.4 Å². The van der Waals surface area contributed by atoms with Crippen LogP contribution in [0.4, 0.5) is 0 Å². The second kappa shape index (κ2) is 9.49. The quantitative estimate of drug-likeness (QED) is 0.322. The van der Waals surface area contributed by atoms with Crippen molar-refractivity contribution < 1.29 is 0 Å². The largest absolute Gasteiger partial charge is 0.306 e. The van der Waals surface area contributed by atoms with Gasteiger partial charge in [0.25, 0.3) is 5.56 Å². The third kappa shape index (κ3) is 4.59. The monoisotopic (exact) mass is 456 g/mol. The van der Waals surface area contributed by atoms with Gasteiger partial charge in [0.05, 0.1) is 5.69 Å². The fraction of sp³-hybridized carbons (Fsp3) is 0.296. The van der Waals surface area contributed by atoms with Gasteiger partial charge < -0.3 is 4.98 Å². The minimum Gasteiger partial charge on any atom is -0.306 e. The maximum Gasteiger partial charge on any atom is 0.257 e. The molecule has 33 heavy (non-hydrogen) atoms. The van der Waals surface area contributed by atoms with Crippen LogP contribution in [0.5, 0.6) is 0 Å². The van der Waals surface area contributed by atoms with Crippen LogP contribution in [0.25, 0.3) is 22.2 Å². The van der Waals surface area contributed by atoms with Gasteiger partial charge in [-0.2, -0.15) is 0 Å². The SMILES string of the molecule is CSc1nc(C2CCN(Cc3ccccc3)CC2)c2cc(-c3ccccc3C)c(=O)[nH]c2n1. The number of nitrogens with zero attached hydrogens (tertiary/aromatic N) is 3. The van der Waals surface area contributed by atoms with Crippen molar-refractivity contribution in [3.05, 3.63) is 87.8 Å². The number of thioether (sulfide) groups is 1. The number of piperidine rings is 1. The van der Waals surface area contributed by atoms with Gasteiger partial charge in [-0.25, -0.2) is 9.97 Å². The summed E-state index contributed by atoms with van der Waals surface area (Å²) in [6.07, 6.45) is 4.07. The first-order chi connectivity index (χ1) is 16.1. The third-order valence-electron chi connectivity index (χ3n) is 6.56. The predicted molar refractivity (Wildman–Crippen MR) is 136 cm³/mol. The van der Waals surface area contributed by atoms with Crippen LogP contribution in [0.3, 0.4) is 0 Å². The minimum atomic E-state index is -0.105. The van der Waals surface area contributed by atoms with E-state index >= 15 is 0 Å². The van der Waals surface area contributed by atoms with Gasteiger partial charge in [-0.05, 0) is 61.9 Å². The first-order valence-corrected chi connectivity index (χ1v) is 12.7. The van der Waals surface area contributed by atoms with Gasteiger partial charge in [0.1, 0.15) is 5.65 Å². The van der Waals surface area contributed by atoms with Gasteiger partial charge >= 0.3 is 0 Å². The van der Waals surface area contributed by atoms with E-state index in [0.717, 1.165) is 54.7 Å². The van der Waals surface area contributed by atoms with Crippen molar-refractivity contribution >= 4 is 22.8 Å². The number of aromatic amines is 1. The van der Waals surface area contributed by atoms with E-state index in [0.29, 0.717) is 22.3 Å². The van der Waals surface area contributed by atoms with Crippen LogP contribution in [0, 0.1) is 6.92 Å². The molecular weight excluding hydrogens is 428 g/mol. The van der Waals surface area contributed by atoms with Crippen molar-refractivity contribution in [2.45, 2.75) is 37.4 Å². The number of H-pyrrole nitrogens is 1. The number of hydrogen-bond acceptors (Lipinski definition) is 5. The Balaban J connectivity index is 1.49. The molecular formula is C27H28N4OS. The first-order valence-electron chi connectivity index (χ1n) is 11.4. The maximum absolute atomic E-state index is 13.0. The molecule has 0 unspecified atom stereocenters. The highest BCUT2D eigenvalue weighted by molar-refractivity contribution is 7.98. The van der Waals surface area contributed by atoms with E-state index in [1.165, 1.54) is 17.3 Å². The van der Waals surface area contributed by atoms with Gasteiger partial charge in [-0.15, -0.1) is 0 Å². The Labute approximate surface area is 198 Å². The number of pyridine rings is 1. The molecule has 168 valence electrons. The average Bonchev–Trinajstić information content (AvgIpc) is 2.84. The lowest BCUT2D eigenvalue weighted by molar-refractivity contribution is 0.203. The molecule has 2 aromatic heterocycles. The number of likely N-dealkylation sites (tertiary alicyclic amines) is 1. The van der Waals surface area contributed by atoms with Crippen LogP contribution in [-0.2, 0) is 6.54 Å². The summed E-state index contributed by atoms with van der Waals surface area (Å²) < 4.78 is 0. The fourth-order valence-electron chi connectivity index (χ4n) is 4.77. The average molecular weight is 457 g/mol. The van der Waals surface area contributed by atoms with Crippen LogP contribution in [-0.4, -0.2) is 39.2 Å². The Bertz CT molecular complexity index is 1330.